The summed E-state index contributed by atoms with van der Waals surface area (Å²) in [5.74, 6) is 0.549. The van der Waals surface area contributed by atoms with Gasteiger partial charge in [-0.2, -0.15) is 0 Å². The summed E-state index contributed by atoms with van der Waals surface area (Å²) in [6.07, 6.45) is 2.24. The van der Waals surface area contributed by atoms with Crippen molar-refractivity contribution in [1.82, 2.24) is 5.32 Å². The molecule has 0 aromatic heterocycles. The van der Waals surface area contributed by atoms with E-state index >= 15 is 0 Å². The number of carbonyl (C=O) groups is 1. The molecule has 0 bridgehead atoms. The number of ether oxygens (including phenoxy) is 2. The zero-order valence-corrected chi connectivity index (χ0v) is 11.1. The van der Waals surface area contributed by atoms with Crippen molar-refractivity contribution < 1.29 is 14.3 Å². The lowest BCUT2D eigenvalue weighted by Crippen LogP contribution is -2.35. The number of benzene rings is 1. The smallest absolute Gasteiger partial charge is 0.258 e. The minimum absolute atomic E-state index is 0.0114. The average Bonchev–Trinajstić information content (AvgIpc) is 2.88. The molecule has 1 fully saturated rings. The van der Waals surface area contributed by atoms with Gasteiger partial charge in [-0.3, -0.25) is 4.79 Å². The van der Waals surface area contributed by atoms with Gasteiger partial charge in [-0.25, -0.2) is 0 Å². The molecule has 1 aliphatic heterocycles. The van der Waals surface area contributed by atoms with Crippen molar-refractivity contribution in [2.75, 3.05) is 25.5 Å². The highest BCUT2D eigenvalue weighted by Crippen LogP contribution is 2.19. The highest BCUT2D eigenvalue weighted by atomic mass is 16.5. The van der Waals surface area contributed by atoms with E-state index in [1.807, 2.05) is 13.0 Å². The summed E-state index contributed by atoms with van der Waals surface area (Å²) in [4.78, 5) is 11.6. The third-order valence-electron chi connectivity index (χ3n) is 3.11. The summed E-state index contributed by atoms with van der Waals surface area (Å²) in [5, 5.41) is 2.81. The molecular weight excluding hydrogens is 244 g/mol. The summed E-state index contributed by atoms with van der Waals surface area (Å²) >= 11 is 0. The van der Waals surface area contributed by atoms with Crippen molar-refractivity contribution in [2.45, 2.75) is 25.9 Å². The van der Waals surface area contributed by atoms with Crippen LogP contribution in [0.2, 0.25) is 0 Å². The molecule has 0 spiro atoms. The first-order chi connectivity index (χ1) is 9.15. The number of nitrogens with two attached hydrogens (primary N) is 1. The van der Waals surface area contributed by atoms with E-state index in [-0.39, 0.29) is 18.6 Å². The number of amides is 1. The van der Waals surface area contributed by atoms with Crippen LogP contribution in [-0.2, 0) is 9.53 Å². The molecule has 1 aromatic rings. The number of rotatable bonds is 5. The van der Waals surface area contributed by atoms with Crippen LogP contribution in [0, 0.1) is 6.92 Å². The van der Waals surface area contributed by atoms with E-state index in [1.54, 1.807) is 12.1 Å². The number of hydrogen-bond acceptors (Lipinski definition) is 4. The second kappa shape index (κ2) is 6.43. The van der Waals surface area contributed by atoms with E-state index < -0.39 is 0 Å². The molecule has 1 heterocycles. The predicted octanol–water partition coefficient (Wildman–Crippen LogP) is 1.25. The van der Waals surface area contributed by atoms with E-state index in [0.717, 1.165) is 25.0 Å². The normalized spacial score (nSPS) is 18.3. The van der Waals surface area contributed by atoms with Gasteiger partial charge in [-0.05, 0) is 43.5 Å². The Morgan fingerprint density at radius 3 is 3.11 bits per heavy atom. The lowest BCUT2D eigenvalue weighted by molar-refractivity contribution is -0.123. The molecule has 19 heavy (non-hydrogen) atoms. The standard InChI is InChI=1S/C14H20N2O3/c1-10-7-11(15)4-5-13(10)19-9-14(17)16-8-12-3-2-6-18-12/h4-5,7,12H,2-3,6,8-9,15H2,1H3,(H,16,17). The Labute approximate surface area is 113 Å². The molecule has 1 atom stereocenters. The number of nitrogen functional groups attached to an aromatic ring is 1. The molecule has 1 aliphatic rings. The molecule has 1 aromatic carbocycles. The van der Waals surface area contributed by atoms with Crippen LogP contribution < -0.4 is 15.8 Å². The highest BCUT2D eigenvalue weighted by molar-refractivity contribution is 5.77. The fraction of sp³-hybridized carbons (Fsp3) is 0.500. The van der Waals surface area contributed by atoms with Gasteiger partial charge in [0.05, 0.1) is 6.10 Å². The van der Waals surface area contributed by atoms with E-state index in [1.165, 1.54) is 0 Å². The maximum atomic E-state index is 11.6. The van der Waals surface area contributed by atoms with Crippen LogP contribution in [0.5, 0.6) is 5.75 Å². The van der Waals surface area contributed by atoms with Gasteiger partial charge in [-0.15, -0.1) is 0 Å². The number of anilines is 1. The second-order valence-corrected chi connectivity index (χ2v) is 4.75. The topological polar surface area (TPSA) is 73.6 Å². The van der Waals surface area contributed by atoms with Crippen molar-refractivity contribution in [3.63, 3.8) is 0 Å². The summed E-state index contributed by atoms with van der Waals surface area (Å²) in [6, 6.07) is 5.35. The van der Waals surface area contributed by atoms with E-state index in [2.05, 4.69) is 5.32 Å². The maximum Gasteiger partial charge on any atom is 0.258 e. The Morgan fingerprint density at radius 1 is 1.58 bits per heavy atom. The lowest BCUT2D eigenvalue weighted by Gasteiger charge is -2.12. The van der Waals surface area contributed by atoms with Gasteiger partial charge < -0.3 is 20.5 Å². The van der Waals surface area contributed by atoms with Crippen LogP contribution in [0.15, 0.2) is 18.2 Å². The van der Waals surface area contributed by atoms with Gasteiger partial charge in [0.1, 0.15) is 5.75 Å². The Balaban J connectivity index is 1.73. The molecular formula is C14H20N2O3. The Bertz CT molecular complexity index is 442. The lowest BCUT2D eigenvalue weighted by atomic mass is 10.2. The molecule has 1 saturated heterocycles. The molecule has 0 aliphatic carbocycles. The highest BCUT2D eigenvalue weighted by Gasteiger charge is 2.16. The molecule has 1 amide bonds. The van der Waals surface area contributed by atoms with Crippen LogP contribution in [0.1, 0.15) is 18.4 Å². The van der Waals surface area contributed by atoms with Gasteiger partial charge in [0, 0.05) is 18.8 Å². The number of hydrogen-bond donors (Lipinski definition) is 2. The van der Waals surface area contributed by atoms with Crippen LogP contribution in [0.25, 0.3) is 0 Å². The van der Waals surface area contributed by atoms with E-state index in [9.17, 15) is 4.79 Å². The fourth-order valence-electron chi connectivity index (χ4n) is 2.06. The summed E-state index contributed by atoms with van der Waals surface area (Å²) in [7, 11) is 0. The minimum atomic E-state index is -0.133. The zero-order valence-electron chi connectivity index (χ0n) is 11.1. The monoisotopic (exact) mass is 264 g/mol. The molecule has 0 radical (unpaired) electrons. The molecule has 3 N–H and O–H groups in total. The van der Waals surface area contributed by atoms with E-state index in [0.29, 0.717) is 18.0 Å². The van der Waals surface area contributed by atoms with Crippen LogP contribution in [0.3, 0.4) is 0 Å². The van der Waals surface area contributed by atoms with Gasteiger partial charge in [0.2, 0.25) is 0 Å². The van der Waals surface area contributed by atoms with Gasteiger partial charge >= 0.3 is 0 Å². The van der Waals surface area contributed by atoms with Crippen molar-refractivity contribution >= 4 is 11.6 Å². The Kier molecular flexibility index (Phi) is 4.63. The Morgan fingerprint density at radius 2 is 2.42 bits per heavy atom. The number of nitrogens with one attached hydrogen (secondary N) is 1. The summed E-state index contributed by atoms with van der Waals surface area (Å²) < 4.78 is 10.9. The molecule has 5 nitrogen and oxygen atoms in total. The largest absolute Gasteiger partial charge is 0.484 e. The fourth-order valence-corrected chi connectivity index (χ4v) is 2.06. The first-order valence-electron chi connectivity index (χ1n) is 6.52. The molecule has 104 valence electrons. The summed E-state index contributed by atoms with van der Waals surface area (Å²) in [6.45, 7) is 3.26. The average molecular weight is 264 g/mol. The van der Waals surface area contributed by atoms with Crippen LogP contribution >= 0.6 is 0 Å². The Hall–Kier alpha value is -1.75. The van der Waals surface area contributed by atoms with Gasteiger partial charge in [0.15, 0.2) is 6.61 Å². The third kappa shape index (κ3) is 4.13. The summed E-state index contributed by atoms with van der Waals surface area (Å²) in [5.41, 5.74) is 7.26. The second-order valence-electron chi connectivity index (χ2n) is 4.75. The first kappa shape index (κ1) is 13.7. The SMILES string of the molecule is Cc1cc(N)ccc1OCC(=O)NCC1CCCO1. The molecule has 2 rings (SSSR count). The predicted molar refractivity (Wildman–Crippen MR) is 73.1 cm³/mol. The van der Waals surface area contributed by atoms with Crippen molar-refractivity contribution in [3.8, 4) is 5.75 Å². The van der Waals surface area contributed by atoms with Crippen molar-refractivity contribution in [2.24, 2.45) is 0 Å². The van der Waals surface area contributed by atoms with Gasteiger partial charge in [-0.1, -0.05) is 0 Å². The van der Waals surface area contributed by atoms with E-state index in [4.69, 9.17) is 15.2 Å². The van der Waals surface area contributed by atoms with Gasteiger partial charge in [0.25, 0.3) is 5.91 Å². The maximum absolute atomic E-state index is 11.6. The molecule has 5 heteroatoms. The number of carbonyl (C=O) groups excluding carboxylic acids is 1. The van der Waals surface area contributed by atoms with Crippen LogP contribution in [-0.4, -0.2) is 31.8 Å². The first-order valence-corrected chi connectivity index (χ1v) is 6.52. The minimum Gasteiger partial charge on any atom is -0.484 e. The number of aryl methyl sites for hydroxylation is 1. The van der Waals surface area contributed by atoms with Crippen molar-refractivity contribution in [3.05, 3.63) is 23.8 Å². The van der Waals surface area contributed by atoms with Crippen molar-refractivity contribution in [1.29, 1.82) is 0 Å². The zero-order chi connectivity index (χ0) is 13.7. The third-order valence-corrected chi connectivity index (χ3v) is 3.11. The quantitative estimate of drug-likeness (QED) is 0.785. The molecule has 1 unspecified atom stereocenters. The molecule has 0 saturated carbocycles. The van der Waals surface area contributed by atoms with Crippen LogP contribution in [0.4, 0.5) is 5.69 Å².